The van der Waals surface area contributed by atoms with Crippen LogP contribution in [-0.4, -0.2) is 47.9 Å². The Hall–Kier alpha value is -1.48. The van der Waals surface area contributed by atoms with Gasteiger partial charge in [0.2, 0.25) is 15.9 Å². The second kappa shape index (κ2) is 6.44. The first-order chi connectivity index (χ1) is 11.4. The third-order valence-electron chi connectivity index (χ3n) is 4.67. The quantitative estimate of drug-likeness (QED) is 0.770. The van der Waals surface area contributed by atoms with E-state index in [9.17, 15) is 13.2 Å². The normalized spacial score (nSPS) is 19.9. The fourth-order valence-electron chi connectivity index (χ4n) is 3.34. The van der Waals surface area contributed by atoms with Gasteiger partial charge in [-0.1, -0.05) is 0 Å². The van der Waals surface area contributed by atoms with Crippen molar-refractivity contribution in [1.29, 1.82) is 0 Å². The molecule has 0 spiro atoms. The minimum atomic E-state index is -3.70. The Balaban J connectivity index is 1.95. The standard InChI is InChI=1S/C16H22N2O5S/c1-10-13-8-12(24(20,21)17-9-14(22-2)23-3)7-11-5-4-6-18(15(11)13)16(10)19/h7-8,10,14,17H,4-6,9H2,1-3H3/t10-/m0/s1. The average Bonchev–Trinajstić information content (AvgIpc) is 2.82. The molecule has 2 heterocycles. The van der Waals surface area contributed by atoms with Crippen molar-refractivity contribution in [3.05, 3.63) is 23.3 Å². The highest BCUT2D eigenvalue weighted by Crippen LogP contribution is 2.43. The molecule has 0 radical (unpaired) electrons. The summed E-state index contributed by atoms with van der Waals surface area (Å²) in [6.07, 6.45) is 0.974. The summed E-state index contributed by atoms with van der Waals surface area (Å²) in [4.78, 5) is 14.3. The van der Waals surface area contributed by atoms with Gasteiger partial charge in [-0.05, 0) is 43.0 Å². The van der Waals surface area contributed by atoms with Crippen LogP contribution in [0.15, 0.2) is 17.0 Å². The van der Waals surface area contributed by atoms with Crippen molar-refractivity contribution in [3.8, 4) is 0 Å². The van der Waals surface area contributed by atoms with E-state index >= 15 is 0 Å². The lowest BCUT2D eigenvalue weighted by molar-refractivity contribution is -0.119. The molecule has 0 saturated carbocycles. The van der Waals surface area contributed by atoms with Gasteiger partial charge in [0.1, 0.15) is 0 Å². The summed E-state index contributed by atoms with van der Waals surface area (Å²) >= 11 is 0. The third kappa shape index (κ3) is 2.83. The monoisotopic (exact) mass is 354 g/mol. The van der Waals surface area contributed by atoms with Crippen molar-refractivity contribution < 1.29 is 22.7 Å². The highest BCUT2D eigenvalue weighted by atomic mass is 32.2. The summed E-state index contributed by atoms with van der Waals surface area (Å²) in [5.41, 5.74) is 2.63. The van der Waals surface area contributed by atoms with Gasteiger partial charge in [-0.15, -0.1) is 0 Å². The molecular formula is C16H22N2O5S. The van der Waals surface area contributed by atoms with E-state index in [-0.39, 0.29) is 23.3 Å². The molecule has 0 bridgehead atoms. The molecule has 8 heteroatoms. The molecule has 24 heavy (non-hydrogen) atoms. The van der Waals surface area contributed by atoms with E-state index in [0.29, 0.717) is 6.54 Å². The molecule has 0 saturated heterocycles. The Labute approximate surface area is 142 Å². The van der Waals surface area contributed by atoms with Crippen LogP contribution in [0.25, 0.3) is 0 Å². The Morgan fingerprint density at radius 2 is 2.04 bits per heavy atom. The maximum Gasteiger partial charge on any atom is 0.240 e. The zero-order valence-corrected chi connectivity index (χ0v) is 14.9. The van der Waals surface area contributed by atoms with Gasteiger partial charge in [-0.2, -0.15) is 0 Å². The van der Waals surface area contributed by atoms with E-state index in [1.165, 1.54) is 14.2 Å². The van der Waals surface area contributed by atoms with Gasteiger partial charge in [0.15, 0.2) is 6.29 Å². The van der Waals surface area contributed by atoms with Crippen molar-refractivity contribution in [2.24, 2.45) is 0 Å². The Morgan fingerprint density at radius 3 is 2.71 bits per heavy atom. The number of nitrogens with zero attached hydrogens (tertiary/aromatic N) is 1. The number of ether oxygens (including phenoxy) is 2. The van der Waals surface area contributed by atoms with Crippen LogP contribution in [0, 0.1) is 0 Å². The topological polar surface area (TPSA) is 84.9 Å². The number of carbonyl (C=O) groups excluding carboxylic acids is 1. The van der Waals surface area contributed by atoms with Crippen LogP contribution in [0.2, 0.25) is 0 Å². The summed E-state index contributed by atoms with van der Waals surface area (Å²) in [7, 11) is -0.807. The zero-order chi connectivity index (χ0) is 17.5. The number of sulfonamides is 1. The zero-order valence-electron chi connectivity index (χ0n) is 14.0. The van der Waals surface area contributed by atoms with E-state index in [2.05, 4.69) is 4.72 Å². The molecule has 1 aromatic rings. The molecular weight excluding hydrogens is 332 g/mol. The van der Waals surface area contributed by atoms with Crippen LogP contribution >= 0.6 is 0 Å². The number of nitrogens with one attached hydrogen (secondary N) is 1. The molecule has 132 valence electrons. The lowest BCUT2D eigenvalue weighted by Gasteiger charge is -2.26. The molecule has 0 aliphatic carbocycles. The lowest BCUT2D eigenvalue weighted by atomic mass is 9.97. The van der Waals surface area contributed by atoms with Crippen molar-refractivity contribution in [2.75, 3.05) is 32.2 Å². The second-order valence-corrected chi connectivity index (χ2v) is 7.86. The maximum atomic E-state index is 12.6. The molecule has 3 rings (SSSR count). The number of benzene rings is 1. The van der Waals surface area contributed by atoms with Gasteiger partial charge >= 0.3 is 0 Å². The summed E-state index contributed by atoms with van der Waals surface area (Å²) in [5, 5.41) is 0. The van der Waals surface area contributed by atoms with Gasteiger partial charge in [-0.25, -0.2) is 13.1 Å². The number of amides is 1. The Bertz CT molecular complexity index is 758. The highest BCUT2D eigenvalue weighted by molar-refractivity contribution is 7.89. The van der Waals surface area contributed by atoms with E-state index in [1.807, 2.05) is 6.92 Å². The van der Waals surface area contributed by atoms with Crippen LogP contribution in [0.3, 0.4) is 0 Å². The maximum absolute atomic E-state index is 12.6. The molecule has 2 aliphatic rings. The summed E-state index contributed by atoms with van der Waals surface area (Å²) < 4.78 is 37.7. The van der Waals surface area contributed by atoms with Crippen LogP contribution in [-0.2, 0) is 30.7 Å². The molecule has 2 aliphatic heterocycles. The van der Waals surface area contributed by atoms with Gasteiger partial charge < -0.3 is 14.4 Å². The van der Waals surface area contributed by atoms with E-state index in [0.717, 1.165) is 29.7 Å². The molecule has 0 aromatic heterocycles. The Morgan fingerprint density at radius 1 is 1.33 bits per heavy atom. The van der Waals surface area contributed by atoms with Crippen LogP contribution in [0.5, 0.6) is 0 Å². The summed E-state index contributed by atoms with van der Waals surface area (Å²) in [6, 6.07) is 3.29. The number of aryl methyl sites for hydroxylation is 1. The van der Waals surface area contributed by atoms with Gasteiger partial charge in [0.25, 0.3) is 0 Å². The first-order valence-corrected chi connectivity index (χ1v) is 9.40. The minimum absolute atomic E-state index is 0.0162. The number of methoxy groups -OCH3 is 2. The molecule has 1 aromatic carbocycles. The lowest BCUT2D eigenvalue weighted by Crippen LogP contribution is -2.34. The van der Waals surface area contributed by atoms with Crippen molar-refractivity contribution >= 4 is 21.6 Å². The van der Waals surface area contributed by atoms with Crippen molar-refractivity contribution in [3.63, 3.8) is 0 Å². The van der Waals surface area contributed by atoms with Crippen LogP contribution < -0.4 is 9.62 Å². The van der Waals surface area contributed by atoms with E-state index in [1.54, 1.807) is 17.0 Å². The molecule has 0 unspecified atom stereocenters. The van der Waals surface area contributed by atoms with Gasteiger partial charge in [-0.3, -0.25) is 4.79 Å². The number of rotatable bonds is 6. The fraction of sp³-hybridized carbons (Fsp3) is 0.562. The summed E-state index contributed by atoms with van der Waals surface area (Å²) in [6.45, 7) is 2.55. The molecule has 1 amide bonds. The SMILES string of the molecule is COC(CNS(=O)(=O)c1cc2c3c(c1)[C@H](C)C(=O)N3CCC2)OC. The number of anilines is 1. The van der Waals surface area contributed by atoms with Crippen molar-refractivity contribution in [1.82, 2.24) is 4.72 Å². The molecule has 0 fully saturated rings. The fourth-order valence-corrected chi connectivity index (χ4v) is 4.45. The van der Waals surface area contributed by atoms with Crippen LogP contribution in [0.4, 0.5) is 5.69 Å². The predicted octanol–water partition coefficient (Wildman–Crippen LogP) is 0.980. The molecule has 1 N–H and O–H groups in total. The third-order valence-corrected chi connectivity index (χ3v) is 6.07. The van der Waals surface area contributed by atoms with Gasteiger partial charge in [0.05, 0.1) is 23.0 Å². The largest absolute Gasteiger partial charge is 0.355 e. The smallest absolute Gasteiger partial charge is 0.240 e. The molecule has 7 nitrogen and oxygen atoms in total. The first-order valence-electron chi connectivity index (χ1n) is 7.92. The average molecular weight is 354 g/mol. The highest BCUT2D eigenvalue weighted by Gasteiger charge is 2.38. The van der Waals surface area contributed by atoms with E-state index in [4.69, 9.17) is 9.47 Å². The summed E-state index contributed by atoms with van der Waals surface area (Å²) in [5.74, 6) is -0.259. The Kier molecular flexibility index (Phi) is 4.65. The van der Waals surface area contributed by atoms with Crippen LogP contribution in [0.1, 0.15) is 30.4 Å². The molecule has 1 atom stereocenters. The minimum Gasteiger partial charge on any atom is -0.355 e. The number of hydrogen-bond acceptors (Lipinski definition) is 5. The van der Waals surface area contributed by atoms with Crippen molar-refractivity contribution in [2.45, 2.75) is 36.9 Å². The number of hydrogen-bond donors (Lipinski definition) is 1. The predicted molar refractivity (Wildman–Crippen MR) is 88.5 cm³/mol. The second-order valence-electron chi connectivity index (χ2n) is 6.09. The number of carbonyl (C=O) groups is 1. The first kappa shape index (κ1) is 17.3. The van der Waals surface area contributed by atoms with E-state index < -0.39 is 16.3 Å². The van der Waals surface area contributed by atoms with Gasteiger partial charge in [0, 0.05) is 20.8 Å².